The first-order valence-corrected chi connectivity index (χ1v) is 12.0. The van der Waals surface area contributed by atoms with Gasteiger partial charge in [0.15, 0.2) is 5.82 Å². The molecule has 11 nitrogen and oxygen atoms in total. The van der Waals surface area contributed by atoms with Crippen LogP contribution in [0.5, 0.6) is 0 Å². The normalized spacial score (nSPS) is 16.4. The highest BCUT2D eigenvalue weighted by molar-refractivity contribution is 5.90. The lowest BCUT2D eigenvalue weighted by atomic mass is 9.95. The van der Waals surface area contributed by atoms with E-state index in [1.165, 1.54) is 18.7 Å². The molecule has 0 spiro atoms. The first-order chi connectivity index (χ1) is 17.7. The van der Waals surface area contributed by atoms with E-state index in [4.69, 9.17) is 10.3 Å². The van der Waals surface area contributed by atoms with Crippen molar-refractivity contribution >= 4 is 18.1 Å². The number of anilines is 1. The highest BCUT2D eigenvalue weighted by atomic mass is 19.1. The number of aromatic nitrogens is 5. The summed E-state index contributed by atoms with van der Waals surface area (Å²) in [4.78, 5) is 33.6. The molecule has 1 atom stereocenters. The Morgan fingerprint density at radius 2 is 2.05 bits per heavy atom. The zero-order valence-corrected chi connectivity index (χ0v) is 21.2. The molecule has 1 aliphatic rings. The average Bonchev–Trinajstić information content (AvgIpc) is 3.29. The standard InChI is InChI=1S/C25H30FN9O2/c1-25(2,3)23-33-21(35-37-23)22(36)32-18-8-6-5-7-16-15(18)9-10-17(19(16)26)20-29-13-30-24(34-20)31-14(11-27)12-28-4/h9-13,18H,5-8,27H2,1-4H3,(H,32,36)(H,29,30,31,34)/t18-/m1/s1. The molecule has 0 aliphatic heterocycles. The van der Waals surface area contributed by atoms with Gasteiger partial charge in [0, 0.05) is 24.9 Å². The number of nitrogens with one attached hydrogen (secondary N) is 2. The van der Waals surface area contributed by atoms with Gasteiger partial charge in [0.25, 0.3) is 11.7 Å². The fourth-order valence-corrected chi connectivity index (χ4v) is 4.06. The van der Waals surface area contributed by atoms with Gasteiger partial charge in [-0.05, 0) is 36.5 Å². The number of aliphatic imine (C=N–C) groups is 1. The van der Waals surface area contributed by atoms with Crippen LogP contribution >= 0.6 is 0 Å². The second-order valence-electron chi connectivity index (χ2n) is 9.71. The monoisotopic (exact) mass is 507 g/mol. The van der Waals surface area contributed by atoms with Crippen LogP contribution in [0.25, 0.3) is 11.4 Å². The van der Waals surface area contributed by atoms with Gasteiger partial charge in [-0.15, -0.1) is 0 Å². The van der Waals surface area contributed by atoms with Crippen LogP contribution in [-0.2, 0) is 11.8 Å². The molecule has 1 aliphatic carbocycles. The van der Waals surface area contributed by atoms with Crippen LogP contribution in [0.3, 0.4) is 0 Å². The molecule has 0 unspecified atom stereocenters. The van der Waals surface area contributed by atoms with E-state index in [9.17, 15) is 4.79 Å². The summed E-state index contributed by atoms with van der Waals surface area (Å²) < 4.78 is 21.1. The van der Waals surface area contributed by atoms with Gasteiger partial charge in [-0.3, -0.25) is 9.79 Å². The fraction of sp³-hybridized carbons (Fsp3) is 0.400. The molecule has 4 N–H and O–H groups in total. The Kier molecular flexibility index (Phi) is 7.55. The fourth-order valence-electron chi connectivity index (χ4n) is 4.06. The van der Waals surface area contributed by atoms with Gasteiger partial charge >= 0.3 is 0 Å². The van der Waals surface area contributed by atoms with Crippen LogP contribution in [0, 0.1) is 5.82 Å². The van der Waals surface area contributed by atoms with Gasteiger partial charge in [0.05, 0.1) is 17.3 Å². The van der Waals surface area contributed by atoms with Crippen LogP contribution in [0.2, 0.25) is 0 Å². The molecule has 194 valence electrons. The summed E-state index contributed by atoms with van der Waals surface area (Å²) in [7, 11) is 1.61. The molecule has 3 aromatic rings. The summed E-state index contributed by atoms with van der Waals surface area (Å²) in [5.41, 5.74) is 7.17. The van der Waals surface area contributed by atoms with E-state index in [1.807, 2.05) is 26.8 Å². The summed E-state index contributed by atoms with van der Waals surface area (Å²) in [5, 5.41) is 9.71. The molecule has 1 aromatic carbocycles. The third-order valence-electron chi connectivity index (χ3n) is 5.92. The van der Waals surface area contributed by atoms with Gasteiger partial charge in [-0.2, -0.15) is 9.97 Å². The highest BCUT2D eigenvalue weighted by Gasteiger charge is 2.28. The minimum atomic E-state index is -0.464. The van der Waals surface area contributed by atoms with Gasteiger partial charge in [0.1, 0.15) is 12.1 Å². The average molecular weight is 508 g/mol. The van der Waals surface area contributed by atoms with Crippen LogP contribution in [0.4, 0.5) is 10.3 Å². The van der Waals surface area contributed by atoms with Gasteiger partial charge in [-0.1, -0.05) is 38.4 Å². The van der Waals surface area contributed by atoms with Gasteiger partial charge in [-0.25, -0.2) is 14.4 Å². The van der Waals surface area contributed by atoms with E-state index < -0.39 is 17.8 Å². The van der Waals surface area contributed by atoms with Crippen molar-refractivity contribution in [1.29, 1.82) is 0 Å². The number of benzene rings is 1. The number of carbonyl (C=O) groups is 1. The maximum absolute atomic E-state index is 15.8. The Morgan fingerprint density at radius 3 is 2.76 bits per heavy atom. The van der Waals surface area contributed by atoms with E-state index in [0.29, 0.717) is 35.6 Å². The summed E-state index contributed by atoms with van der Waals surface area (Å²) in [6.45, 7) is 5.76. The first-order valence-electron chi connectivity index (χ1n) is 12.0. The predicted octanol–water partition coefficient (Wildman–Crippen LogP) is 3.47. The number of amides is 1. The van der Waals surface area contributed by atoms with Crippen molar-refractivity contribution < 1.29 is 13.7 Å². The van der Waals surface area contributed by atoms with Crippen LogP contribution < -0.4 is 16.4 Å². The lowest BCUT2D eigenvalue weighted by Gasteiger charge is -2.20. The zero-order chi connectivity index (χ0) is 26.6. The smallest absolute Gasteiger partial charge is 0.293 e. The van der Waals surface area contributed by atoms with Crippen LogP contribution in [-0.4, -0.2) is 44.3 Å². The molecule has 2 heterocycles. The number of allylic oxidation sites excluding steroid dienone is 1. The Balaban J connectivity index is 1.61. The third kappa shape index (κ3) is 5.79. The second-order valence-corrected chi connectivity index (χ2v) is 9.71. The predicted molar refractivity (Wildman–Crippen MR) is 136 cm³/mol. The van der Waals surface area contributed by atoms with Crippen LogP contribution in [0.15, 0.2) is 39.9 Å². The molecule has 0 saturated heterocycles. The van der Waals surface area contributed by atoms with Crippen molar-refractivity contribution in [3.8, 4) is 11.4 Å². The number of halogens is 1. The molecule has 1 amide bonds. The molecule has 37 heavy (non-hydrogen) atoms. The summed E-state index contributed by atoms with van der Waals surface area (Å²) in [6, 6.07) is 3.04. The largest absolute Gasteiger partial charge is 0.403 e. The lowest BCUT2D eigenvalue weighted by Crippen LogP contribution is -2.30. The van der Waals surface area contributed by atoms with Crippen LogP contribution in [0.1, 0.15) is 73.7 Å². The van der Waals surface area contributed by atoms with Crippen molar-refractivity contribution in [2.24, 2.45) is 10.7 Å². The Morgan fingerprint density at radius 1 is 1.24 bits per heavy atom. The molecule has 12 heteroatoms. The summed E-state index contributed by atoms with van der Waals surface area (Å²) >= 11 is 0. The zero-order valence-electron chi connectivity index (χ0n) is 21.2. The maximum atomic E-state index is 15.8. The minimum Gasteiger partial charge on any atom is -0.403 e. The Bertz CT molecular complexity index is 1340. The molecule has 2 aromatic heterocycles. The first kappa shape index (κ1) is 25.9. The molecular weight excluding hydrogens is 477 g/mol. The number of carbonyl (C=O) groups excluding carboxylic acids is 1. The molecule has 0 bridgehead atoms. The number of fused-ring (bicyclic) bond motifs is 1. The number of hydrogen-bond acceptors (Lipinski definition) is 10. The molecule has 0 radical (unpaired) electrons. The van der Waals surface area contributed by atoms with E-state index in [2.05, 4.69) is 40.7 Å². The molecule has 4 rings (SSSR count). The molecule has 0 saturated carbocycles. The quantitative estimate of drug-likeness (QED) is 0.336. The van der Waals surface area contributed by atoms with E-state index in [1.54, 1.807) is 13.1 Å². The molecule has 0 fully saturated rings. The van der Waals surface area contributed by atoms with Crippen molar-refractivity contribution in [1.82, 2.24) is 30.4 Å². The minimum absolute atomic E-state index is 0.0444. The Labute approximate surface area is 213 Å². The third-order valence-corrected chi connectivity index (χ3v) is 5.92. The maximum Gasteiger partial charge on any atom is 0.293 e. The van der Waals surface area contributed by atoms with Crippen molar-refractivity contribution in [3.05, 3.63) is 59.0 Å². The molecular formula is C25H30FN9O2. The van der Waals surface area contributed by atoms with Crippen molar-refractivity contribution in [3.63, 3.8) is 0 Å². The topological polar surface area (TPSA) is 157 Å². The SMILES string of the molecule is CN=CC(=CN)Nc1ncnc(-c2ccc3c(c2F)CCCC[C@H]3NC(=O)c2noc(C(C)(C)C)n2)n1. The summed E-state index contributed by atoms with van der Waals surface area (Å²) in [5.74, 6) is -0.178. The van der Waals surface area contributed by atoms with Gasteiger partial charge < -0.3 is 20.9 Å². The number of hydrogen-bond donors (Lipinski definition) is 3. The second kappa shape index (κ2) is 10.8. The van der Waals surface area contributed by atoms with E-state index >= 15 is 4.39 Å². The van der Waals surface area contributed by atoms with E-state index in [0.717, 1.165) is 12.8 Å². The number of nitrogens with two attached hydrogens (primary N) is 1. The lowest BCUT2D eigenvalue weighted by molar-refractivity contribution is 0.0921. The van der Waals surface area contributed by atoms with E-state index in [-0.39, 0.29) is 28.6 Å². The Hall–Kier alpha value is -4.22. The highest BCUT2D eigenvalue weighted by Crippen LogP contribution is 2.34. The number of rotatable bonds is 6. The van der Waals surface area contributed by atoms with Crippen molar-refractivity contribution in [2.45, 2.75) is 57.9 Å². The van der Waals surface area contributed by atoms with Gasteiger partial charge in [0.2, 0.25) is 11.8 Å². The van der Waals surface area contributed by atoms with Crippen molar-refractivity contribution in [2.75, 3.05) is 12.4 Å². The number of nitrogens with zero attached hydrogens (tertiary/aromatic N) is 6. The summed E-state index contributed by atoms with van der Waals surface area (Å²) in [6.07, 6.45) is 6.93.